The Hall–Kier alpha value is -2.70. The molecule has 0 spiro atoms. The number of aromatic nitrogens is 3. The van der Waals surface area contributed by atoms with Gasteiger partial charge >= 0.3 is 0 Å². The zero-order valence-corrected chi connectivity index (χ0v) is 24.2. The summed E-state index contributed by atoms with van der Waals surface area (Å²) in [6.07, 6.45) is 8.92. The molecule has 3 fully saturated rings. The quantitative estimate of drug-likeness (QED) is 0.386. The molecule has 0 radical (unpaired) electrons. The average molecular weight is 522 g/mol. The lowest BCUT2D eigenvalue weighted by atomic mass is 9.70. The molecule has 1 aromatic heterocycles. The van der Waals surface area contributed by atoms with Crippen LogP contribution in [0.1, 0.15) is 106 Å². The Morgan fingerprint density at radius 2 is 1.89 bits per heavy atom. The molecule has 0 bridgehead atoms. The van der Waals surface area contributed by atoms with Gasteiger partial charge < -0.3 is 19.6 Å². The number of nitrogens with zero attached hydrogens (tertiary/aromatic N) is 4. The van der Waals surface area contributed by atoms with Crippen molar-refractivity contribution >= 4 is 17.9 Å². The highest BCUT2D eigenvalue weighted by atomic mass is 16.2. The zero-order valence-electron chi connectivity index (χ0n) is 24.2. The van der Waals surface area contributed by atoms with Crippen molar-refractivity contribution in [2.24, 2.45) is 17.8 Å². The molecule has 2 aromatic rings. The molecule has 7 heteroatoms. The summed E-state index contributed by atoms with van der Waals surface area (Å²) in [4.78, 5) is 24.8. The number of hydrogen-bond acceptors (Lipinski definition) is 5. The maximum Gasteiger partial charge on any atom is 0.219 e. The first-order valence-corrected chi connectivity index (χ1v) is 14.6. The van der Waals surface area contributed by atoms with Gasteiger partial charge in [0.05, 0.1) is 0 Å². The molecule has 1 aromatic carbocycles. The van der Waals surface area contributed by atoms with Crippen molar-refractivity contribution in [2.45, 2.75) is 97.4 Å². The van der Waals surface area contributed by atoms with Gasteiger partial charge in [0.15, 0.2) is 0 Å². The molecule has 208 valence electrons. The van der Waals surface area contributed by atoms with Gasteiger partial charge in [-0.15, -0.1) is 10.2 Å². The molecule has 1 aliphatic heterocycles. The van der Waals surface area contributed by atoms with Crippen molar-refractivity contribution in [2.75, 3.05) is 25.5 Å². The molecule has 38 heavy (non-hydrogen) atoms. The highest BCUT2D eigenvalue weighted by Gasteiger charge is 2.43. The van der Waals surface area contributed by atoms with Gasteiger partial charge in [-0.2, -0.15) is 0 Å². The van der Waals surface area contributed by atoms with E-state index in [-0.39, 0.29) is 11.8 Å². The first-order valence-electron chi connectivity index (χ1n) is 14.6. The summed E-state index contributed by atoms with van der Waals surface area (Å²) in [5.41, 5.74) is 3.84. The first kappa shape index (κ1) is 28.3. The van der Waals surface area contributed by atoms with Crippen LogP contribution >= 0.6 is 0 Å². The van der Waals surface area contributed by atoms with Crippen LogP contribution in [-0.4, -0.2) is 52.0 Å². The minimum Gasteiger partial charge on any atom is -0.388 e. The van der Waals surface area contributed by atoms with Crippen molar-refractivity contribution in [3.8, 4) is 0 Å². The lowest BCUT2D eigenvalue weighted by Gasteiger charge is -2.42. The van der Waals surface area contributed by atoms with E-state index in [0.717, 1.165) is 42.9 Å². The lowest BCUT2D eigenvalue weighted by molar-refractivity contribution is -0.135. The third-order valence-electron chi connectivity index (χ3n) is 8.95. The molecule has 1 N–H and O–H groups in total. The second-order valence-electron chi connectivity index (χ2n) is 12.1. The van der Waals surface area contributed by atoms with Gasteiger partial charge in [-0.3, -0.25) is 4.79 Å². The van der Waals surface area contributed by atoms with E-state index in [4.69, 9.17) is 0 Å². The SMILES string of the molecule is CCC(C)CC1CC(c2nnc([C@H](CC=O)C3CN(C(C)=O)C3)n2C2CC2)C1.CNc1ccc(C)cc1C. The van der Waals surface area contributed by atoms with Crippen molar-refractivity contribution in [3.05, 3.63) is 41.0 Å². The van der Waals surface area contributed by atoms with Crippen molar-refractivity contribution in [3.63, 3.8) is 0 Å². The van der Waals surface area contributed by atoms with Crippen LogP contribution in [0.5, 0.6) is 0 Å². The maximum atomic E-state index is 11.6. The molecule has 2 aliphatic carbocycles. The van der Waals surface area contributed by atoms with E-state index in [1.165, 1.54) is 55.3 Å². The fraction of sp³-hybridized carbons (Fsp3) is 0.677. The van der Waals surface area contributed by atoms with E-state index >= 15 is 0 Å². The first-order chi connectivity index (χ1) is 18.2. The number of anilines is 1. The highest BCUT2D eigenvalue weighted by molar-refractivity contribution is 5.74. The van der Waals surface area contributed by atoms with Gasteiger partial charge in [0.25, 0.3) is 0 Å². The Kier molecular flexibility index (Phi) is 9.27. The molecule has 1 saturated heterocycles. The van der Waals surface area contributed by atoms with Crippen molar-refractivity contribution in [1.29, 1.82) is 0 Å². The van der Waals surface area contributed by atoms with Crippen LogP contribution in [0.4, 0.5) is 5.69 Å². The molecule has 7 nitrogen and oxygen atoms in total. The lowest BCUT2D eigenvalue weighted by Crippen LogP contribution is -2.51. The molecule has 5 rings (SSSR count). The summed E-state index contributed by atoms with van der Waals surface area (Å²) in [6, 6.07) is 6.90. The summed E-state index contributed by atoms with van der Waals surface area (Å²) in [6.45, 7) is 11.9. The minimum absolute atomic E-state index is 0.0888. The van der Waals surface area contributed by atoms with Crippen molar-refractivity contribution in [1.82, 2.24) is 19.7 Å². The van der Waals surface area contributed by atoms with Crippen LogP contribution < -0.4 is 5.32 Å². The largest absolute Gasteiger partial charge is 0.388 e. The normalized spacial score (nSPS) is 22.4. The number of carbonyl (C=O) groups is 2. The number of carbonyl (C=O) groups excluding carboxylic acids is 2. The van der Waals surface area contributed by atoms with Gasteiger partial charge in [0.1, 0.15) is 17.9 Å². The second kappa shape index (κ2) is 12.4. The fourth-order valence-electron chi connectivity index (χ4n) is 6.16. The van der Waals surface area contributed by atoms with E-state index in [2.05, 4.69) is 66.0 Å². The Bertz CT molecular complexity index is 1100. The topological polar surface area (TPSA) is 80.1 Å². The van der Waals surface area contributed by atoms with Gasteiger partial charge in [0.2, 0.25) is 5.91 Å². The van der Waals surface area contributed by atoms with Crippen molar-refractivity contribution < 1.29 is 9.59 Å². The number of likely N-dealkylation sites (tertiary alicyclic amines) is 1. The minimum atomic E-state index is 0.0888. The Morgan fingerprint density at radius 1 is 1.18 bits per heavy atom. The molecule has 1 amide bonds. The number of hydrogen-bond donors (Lipinski definition) is 1. The second-order valence-corrected chi connectivity index (χ2v) is 12.1. The summed E-state index contributed by atoms with van der Waals surface area (Å²) >= 11 is 0. The molecule has 2 atom stereocenters. The Balaban J connectivity index is 0.000000283. The van der Waals surface area contributed by atoms with Gasteiger partial charge in [-0.1, -0.05) is 38.0 Å². The number of aldehydes is 1. The van der Waals surface area contributed by atoms with E-state index < -0.39 is 0 Å². The number of rotatable bonds is 10. The Morgan fingerprint density at radius 3 is 2.45 bits per heavy atom. The number of benzene rings is 1. The highest BCUT2D eigenvalue weighted by Crippen LogP contribution is 2.48. The molecular formula is C31H47N5O2. The van der Waals surface area contributed by atoms with Gasteiger partial charge in [-0.05, 0) is 69.4 Å². The molecule has 3 aliphatic rings. The predicted octanol–water partition coefficient (Wildman–Crippen LogP) is 6.04. The van der Waals surface area contributed by atoms with Crippen LogP contribution in [0.3, 0.4) is 0 Å². The van der Waals surface area contributed by atoms with Crippen LogP contribution in [0.25, 0.3) is 0 Å². The van der Waals surface area contributed by atoms with Crippen LogP contribution in [-0.2, 0) is 9.59 Å². The average Bonchev–Trinajstić information content (AvgIpc) is 3.58. The third-order valence-corrected chi connectivity index (χ3v) is 8.95. The maximum absolute atomic E-state index is 11.6. The monoisotopic (exact) mass is 521 g/mol. The third kappa shape index (κ3) is 6.47. The van der Waals surface area contributed by atoms with Crippen LogP contribution in [0, 0.1) is 31.6 Å². The molecule has 1 unspecified atom stereocenters. The number of amides is 1. The smallest absolute Gasteiger partial charge is 0.219 e. The summed E-state index contributed by atoms with van der Waals surface area (Å²) < 4.78 is 2.40. The predicted molar refractivity (Wildman–Crippen MR) is 152 cm³/mol. The summed E-state index contributed by atoms with van der Waals surface area (Å²) in [5.74, 6) is 4.86. The standard InChI is InChI=1S/C22H34N4O2.C9H13N/c1-4-14(2)9-16-10-17(11-16)21-23-24-22(26(21)19-5-6-19)20(7-8-27)18-12-25(13-18)15(3)28;1-7-4-5-9(10-3)8(2)6-7/h8,14,16-20H,4-7,9-13H2,1-3H3;4-6,10H,1-3H3/t14?,16?,17?,20-;/m1./s1. The van der Waals surface area contributed by atoms with Gasteiger partial charge in [-0.25, -0.2) is 0 Å². The molecular weight excluding hydrogens is 474 g/mol. The van der Waals surface area contributed by atoms with E-state index in [0.29, 0.717) is 24.3 Å². The zero-order chi connectivity index (χ0) is 27.4. The van der Waals surface area contributed by atoms with Crippen LogP contribution in [0.15, 0.2) is 18.2 Å². The number of aryl methyl sites for hydroxylation is 2. The van der Waals surface area contributed by atoms with E-state index in [9.17, 15) is 9.59 Å². The molecule has 2 heterocycles. The van der Waals surface area contributed by atoms with Gasteiger partial charge in [0, 0.05) is 63.0 Å². The number of nitrogens with one attached hydrogen (secondary N) is 1. The molecule has 2 saturated carbocycles. The summed E-state index contributed by atoms with van der Waals surface area (Å²) in [7, 11) is 1.94. The van der Waals surface area contributed by atoms with Crippen LogP contribution in [0.2, 0.25) is 0 Å². The summed E-state index contributed by atoms with van der Waals surface area (Å²) in [5, 5.41) is 12.4. The van der Waals surface area contributed by atoms with E-state index in [1.54, 1.807) is 6.92 Å². The van der Waals surface area contributed by atoms with E-state index in [1.807, 2.05) is 11.9 Å². The Labute approximate surface area is 228 Å². The fourth-order valence-corrected chi connectivity index (χ4v) is 6.16.